The van der Waals surface area contributed by atoms with E-state index in [0.717, 1.165) is 0 Å². The largest absolute Gasteiger partial charge is 0.508 e. The van der Waals surface area contributed by atoms with Crippen LogP contribution in [0.4, 0.5) is 4.39 Å². The van der Waals surface area contributed by atoms with Crippen molar-refractivity contribution in [2.24, 2.45) is 4.99 Å². The fourth-order valence-electron chi connectivity index (χ4n) is 2.38. The average Bonchev–Trinajstić information content (AvgIpc) is 2.66. The molecule has 144 valence electrons. The van der Waals surface area contributed by atoms with Gasteiger partial charge in [-0.15, -0.1) is 0 Å². The highest BCUT2D eigenvalue weighted by molar-refractivity contribution is 5.94. The molecule has 27 heavy (non-hydrogen) atoms. The van der Waals surface area contributed by atoms with Crippen molar-refractivity contribution in [3.05, 3.63) is 65.5 Å². The summed E-state index contributed by atoms with van der Waals surface area (Å²) < 4.78 is 13.7. The molecule has 0 radical (unpaired) electrons. The Labute approximate surface area is 158 Å². The third-order valence-electron chi connectivity index (χ3n) is 3.75. The number of benzene rings is 2. The number of nitrogens with one attached hydrogen (secondary N) is 3. The summed E-state index contributed by atoms with van der Waals surface area (Å²) in [4.78, 5) is 16.3. The lowest BCUT2D eigenvalue weighted by Crippen LogP contribution is -2.38. The van der Waals surface area contributed by atoms with Gasteiger partial charge in [-0.25, -0.2) is 9.38 Å². The summed E-state index contributed by atoms with van der Waals surface area (Å²) in [5.74, 6) is 0.156. The van der Waals surface area contributed by atoms with E-state index in [1.54, 1.807) is 30.3 Å². The van der Waals surface area contributed by atoms with E-state index in [1.165, 1.54) is 18.2 Å². The molecule has 0 aliphatic rings. The van der Waals surface area contributed by atoms with Crippen molar-refractivity contribution >= 4 is 11.9 Å². The number of nitrogens with zero attached hydrogens (tertiary/aromatic N) is 1. The van der Waals surface area contributed by atoms with Crippen molar-refractivity contribution in [1.82, 2.24) is 16.0 Å². The minimum absolute atomic E-state index is 0.0608. The second kappa shape index (κ2) is 10.8. The molecule has 0 aliphatic heterocycles. The SMILES string of the molecule is CCNC(=NCc1ccccc1F)NCCCNC(=O)c1cccc(O)c1. The van der Waals surface area contributed by atoms with Crippen LogP contribution in [0.1, 0.15) is 29.3 Å². The van der Waals surface area contributed by atoms with Gasteiger partial charge in [-0.3, -0.25) is 4.79 Å². The summed E-state index contributed by atoms with van der Waals surface area (Å²) in [7, 11) is 0. The normalized spacial score (nSPS) is 11.1. The number of carbonyl (C=O) groups excluding carboxylic acids is 1. The Morgan fingerprint density at radius 1 is 1.07 bits per heavy atom. The number of carbonyl (C=O) groups is 1. The number of amides is 1. The number of halogens is 1. The number of hydrogen-bond donors (Lipinski definition) is 4. The molecular formula is C20H25FN4O2. The molecule has 0 fully saturated rings. The van der Waals surface area contributed by atoms with Crippen LogP contribution in [-0.2, 0) is 6.54 Å². The molecule has 0 atom stereocenters. The Morgan fingerprint density at radius 3 is 2.59 bits per heavy atom. The highest BCUT2D eigenvalue weighted by atomic mass is 19.1. The highest BCUT2D eigenvalue weighted by Crippen LogP contribution is 2.10. The molecule has 0 spiro atoms. The quantitative estimate of drug-likeness (QED) is 0.326. The van der Waals surface area contributed by atoms with Gasteiger partial charge in [-0.1, -0.05) is 24.3 Å². The van der Waals surface area contributed by atoms with Crippen LogP contribution in [0.2, 0.25) is 0 Å². The van der Waals surface area contributed by atoms with Crippen LogP contribution in [0.25, 0.3) is 0 Å². The van der Waals surface area contributed by atoms with Crippen molar-refractivity contribution in [3.8, 4) is 5.75 Å². The van der Waals surface area contributed by atoms with Crippen LogP contribution < -0.4 is 16.0 Å². The lowest BCUT2D eigenvalue weighted by molar-refractivity contribution is 0.0953. The molecule has 0 saturated carbocycles. The van der Waals surface area contributed by atoms with Crippen molar-refractivity contribution < 1.29 is 14.3 Å². The Balaban J connectivity index is 1.75. The van der Waals surface area contributed by atoms with Crippen molar-refractivity contribution in [2.75, 3.05) is 19.6 Å². The topological polar surface area (TPSA) is 85.8 Å². The predicted octanol–water partition coefficient (Wildman–Crippen LogP) is 2.41. The fraction of sp³-hybridized carbons (Fsp3) is 0.300. The van der Waals surface area contributed by atoms with Crippen molar-refractivity contribution in [1.29, 1.82) is 0 Å². The van der Waals surface area contributed by atoms with Gasteiger partial charge >= 0.3 is 0 Å². The van der Waals surface area contributed by atoms with Crippen molar-refractivity contribution in [2.45, 2.75) is 19.9 Å². The molecule has 0 bridgehead atoms. The van der Waals surface area contributed by atoms with Gasteiger partial charge in [0, 0.05) is 30.8 Å². The van der Waals surface area contributed by atoms with E-state index in [-0.39, 0.29) is 24.0 Å². The minimum atomic E-state index is -0.272. The summed E-state index contributed by atoms with van der Waals surface area (Å²) in [6, 6.07) is 12.8. The van der Waals surface area contributed by atoms with Gasteiger partial charge in [0.2, 0.25) is 0 Å². The average molecular weight is 372 g/mol. The van der Waals surface area contributed by atoms with Gasteiger partial charge in [-0.2, -0.15) is 0 Å². The molecule has 0 heterocycles. The molecule has 2 rings (SSSR count). The van der Waals surface area contributed by atoms with E-state index in [9.17, 15) is 14.3 Å². The second-order valence-electron chi connectivity index (χ2n) is 5.87. The molecule has 6 nitrogen and oxygen atoms in total. The highest BCUT2D eigenvalue weighted by Gasteiger charge is 2.05. The molecule has 2 aromatic rings. The predicted molar refractivity (Wildman–Crippen MR) is 104 cm³/mol. The summed E-state index contributed by atoms with van der Waals surface area (Å²) in [5, 5.41) is 18.5. The van der Waals surface area contributed by atoms with E-state index in [0.29, 0.717) is 43.1 Å². The van der Waals surface area contributed by atoms with Crippen LogP contribution in [0.15, 0.2) is 53.5 Å². The van der Waals surface area contributed by atoms with E-state index in [4.69, 9.17) is 0 Å². The van der Waals surface area contributed by atoms with E-state index < -0.39 is 0 Å². The molecule has 7 heteroatoms. The van der Waals surface area contributed by atoms with Gasteiger partial charge in [0.05, 0.1) is 6.54 Å². The first-order valence-corrected chi connectivity index (χ1v) is 8.93. The minimum Gasteiger partial charge on any atom is -0.508 e. The van der Waals surface area contributed by atoms with Crippen LogP contribution in [0.3, 0.4) is 0 Å². The first-order chi connectivity index (χ1) is 13.1. The van der Waals surface area contributed by atoms with Gasteiger partial charge < -0.3 is 21.1 Å². The first-order valence-electron chi connectivity index (χ1n) is 8.93. The summed E-state index contributed by atoms with van der Waals surface area (Å²) in [6.07, 6.45) is 0.689. The Bertz CT molecular complexity index is 780. The zero-order chi connectivity index (χ0) is 19.5. The van der Waals surface area contributed by atoms with Crippen LogP contribution in [0, 0.1) is 5.82 Å². The van der Waals surface area contributed by atoms with Gasteiger partial charge in [0.25, 0.3) is 5.91 Å². The maximum absolute atomic E-state index is 13.7. The Kier molecular flexibility index (Phi) is 8.09. The number of aromatic hydroxyl groups is 1. The van der Waals surface area contributed by atoms with Crippen LogP contribution in [-0.4, -0.2) is 36.6 Å². The number of phenols is 1. The van der Waals surface area contributed by atoms with E-state index in [1.807, 2.05) is 6.92 Å². The molecule has 0 aromatic heterocycles. The standard InChI is InChI=1S/C20H25FN4O2/c1-2-22-20(25-14-16-7-3-4-10-18(16)21)24-12-6-11-23-19(27)15-8-5-9-17(26)13-15/h3-5,7-10,13,26H,2,6,11-12,14H2,1H3,(H,23,27)(H2,22,24,25). The van der Waals surface area contributed by atoms with Gasteiger partial charge in [-0.05, 0) is 37.6 Å². The van der Waals surface area contributed by atoms with E-state index >= 15 is 0 Å². The summed E-state index contributed by atoms with van der Waals surface area (Å²) in [6.45, 7) is 3.97. The molecule has 4 N–H and O–H groups in total. The molecule has 0 unspecified atom stereocenters. The number of phenolic OH excluding ortho intramolecular Hbond substituents is 1. The Morgan fingerprint density at radius 2 is 1.85 bits per heavy atom. The molecule has 2 aromatic carbocycles. The lowest BCUT2D eigenvalue weighted by Gasteiger charge is -2.12. The molecular weight excluding hydrogens is 347 g/mol. The number of rotatable bonds is 8. The molecule has 0 aliphatic carbocycles. The maximum Gasteiger partial charge on any atom is 0.251 e. The summed E-state index contributed by atoms with van der Waals surface area (Å²) in [5.41, 5.74) is 0.954. The lowest BCUT2D eigenvalue weighted by atomic mass is 10.2. The first kappa shape index (κ1) is 20.2. The maximum atomic E-state index is 13.7. The zero-order valence-electron chi connectivity index (χ0n) is 15.3. The Hall–Kier alpha value is -3.09. The van der Waals surface area contributed by atoms with Gasteiger partial charge in [0.15, 0.2) is 5.96 Å². The number of guanidine groups is 1. The monoisotopic (exact) mass is 372 g/mol. The van der Waals surface area contributed by atoms with E-state index in [2.05, 4.69) is 20.9 Å². The third-order valence-corrected chi connectivity index (χ3v) is 3.75. The third kappa shape index (κ3) is 6.97. The smallest absolute Gasteiger partial charge is 0.251 e. The molecule has 0 saturated heterocycles. The number of aliphatic imine (C=N–C) groups is 1. The van der Waals surface area contributed by atoms with Crippen LogP contribution in [0.5, 0.6) is 5.75 Å². The number of hydrogen-bond acceptors (Lipinski definition) is 3. The van der Waals surface area contributed by atoms with Crippen molar-refractivity contribution in [3.63, 3.8) is 0 Å². The zero-order valence-corrected chi connectivity index (χ0v) is 15.3. The fourth-order valence-corrected chi connectivity index (χ4v) is 2.38. The van der Waals surface area contributed by atoms with Crippen LogP contribution >= 0.6 is 0 Å². The second-order valence-corrected chi connectivity index (χ2v) is 5.87. The summed E-state index contributed by atoms with van der Waals surface area (Å²) >= 11 is 0. The molecule has 1 amide bonds. The van der Waals surface area contributed by atoms with Gasteiger partial charge in [0.1, 0.15) is 11.6 Å².